The molecule has 0 unspecified atom stereocenters. The van der Waals surface area contributed by atoms with Crippen molar-refractivity contribution >= 4 is 11.9 Å². The van der Waals surface area contributed by atoms with E-state index in [4.69, 9.17) is 9.84 Å². The summed E-state index contributed by atoms with van der Waals surface area (Å²) in [5.41, 5.74) is 0. The summed E-state index contributed by atoms with van der Waals surface area (Å²) in [5.74, 6) is -0.797. The Labute approximate surface area is 101 Å². The molecule has 0 radical (unpaired) electrons. The van der Waals surface area contributed by atoms with Gasteiger partial charge in [-0.1, -0.05) is 0 Å². The smallest absolute Gasteiger partial charge is 0.328 e. The van der Waals surface area contributed by atoms with Gasteiger partial charge in [0, 0.05) is 38.5 Å². The summed E-state index contributed by atoms with van der Waals surface area (Å²) in [6.07, 6.45) is 3.85. The Morgan fingerprint density at radius 2 is 2.00 bits per heavy atom. The molecule has 1 heterocycles. The fourth-order valence-corrected chi connectivity index (χ4v) is 1.85. The lowest BCUT2D eigenvalue weighted by molar-refractivity contribution is -0.132. The van der Waals surface area contributed by atoms with E-state index in [1.54, 1.807) is 4.90 Å². The van der Waals surface area contributed by atoms with Gasteiger partial charge in [0.25, 0.3) is 0 Å². The molecule has 5 nitrogen and oxygen atoms in total. The zero-order valence-electron chi connectivity index (χ0n) is 10.1. The van der Waals surface area contributed by atoms with Crippen molar-refractivity contribution in [3.63, 3.8) is 0 Å². The molecule has 1 fully saturated rings. The van der Waals surface area contributed by atoms with E-state index in [9.17, 15) is 9.59 Å². The average molecular weight is 241 g/mol. The molecule has 0 aliphatic carbocycles. The summed E-state index contributed by atoms with van der Waals surface area (Å²) in [6, 6.07) is 0. The predicted octanol–water partition coefficient (Wildman–Crippen LogP) is 0.902. The van der Waals surface area contributed by atoms with Crippen molar-refractivity contribution in [1.29, 1.82) is 0 Å². The van der Waals surface area contributed by atoms with Gasteiger partial charge in [-0.05, 0) is 25.7 Å². The fourth-order valence-electron chi connectivity index (χ4n) is 1.85. The molecule has 0 spiro atoms. The van der Waals surface area contributed by atoms with Crippen molar-refractivity contribution in [2.75, 3.05) is 26.3 Å². The first kappa shape index (κ1) is 13.7. The molecule has 0 saturated carbocycles. The van der Waals surface area contributed by atoms with Gasteiger partial charge in [-0.25, -0.2) is 4.79 Å². The molecule has 0 aromatic rings. The second-order valence-corrected chi connectivity index (χ2v) is 4.10. The molecule has 1 aliphatic heterocycles. The molecular formula is C12H19NO4. The highest BCUT2D eigenvalue weighted by Gasteiger charge is 2.21. The molecule has 17 heavy (non-hydrogen) atoms. The Bertz CT molecular complexity index is 293. The number of carboxylic acid groups (broad SMARTS) is 1. The van der Waals surface area contributed by atoms with Crippen molar-refractivity contribution < 1.29 is 19.4 Å². The Kier molecular flexibility index (Phi) is 5.69. The number of amides is 1. The summed E-state index contributed by atoms with van der Waals surface area (Å²) >= 11 is 0. The number of aliphatic carboxylic acids is 1. The van der Waals surface area contributed by atoms with Crippen LogP contribution in [-0.4, -0.2) is 48.2 Å². The van der Waals surface area contributed by atoms with Crippen LogP contribution in [0.15, 0.2) is 12.2 Å². The van der Waals surface area contributed by atoms with Gasteiger partial charge in [0.05, 0.1) is 0 Å². The first-order chi connectivity index (χ1) is 8.13. The van der Waals surface area contributed by atoms with E-state index in [0.29, 0.717) is 19.0 Å². The zero-order valence-corrected chi connectivity index (χ0v) is 10.1. The highest BCUT2D eigenvalue weighted by atomic mass is 16.5. The summed E-state index contributed by atoms with van der Waals surface area (Å²) in [7, 11) is 0. The number of ether oxygens (including phenoxy) is 1. The lowest BCUT2D eigenvalue weighted by Crippen LogP contribution is -2.38. The Morgan fingerprint density at radius 1 is 1.35 bits per heavy atom. The van der Waals surface area contributed by atoms with Crippen LogP contribution in [0.2, 0.25) is 0 Å². The van der Waals surface area contributed by atoms with Gasteiger partial charge in [-0.2, -0.15) is 0 Å². The number of hydrogen-bond acceptors (Lipinski definition) is 3. The van der Waals surface area contributed by atoms with Crippen molar-refractivity contribution in [2.45, 2.75) is 19.8 Å². The van der Waals surface area contributed by atoms with Crippen LogP contribution >= 0.6 is 0 Å². The number of likely N-dealkylation sites (tertiary alicyclic amines) is 1. The van der Waals surface area contributed by atoms with Gasteiger partial charge in [0.2, 0.25) is 5.91 Å². The topological polar surface area (TPSA) is 66.8 Å². The molecule has 1 saturated heterocycles. The Balaban J connectivity index is 2.31. The zero-order chi connectivity index (χ0) is 12.7. The summed E-state index contributed by atoms with van der Waals surface area (Å²) in [6.45, 7) is 4.81. The van der Waals surface area contributed by atoms with Gasteiger partial charge in [0.1, 0.15) is 0 Å². The van der Waals surface area contributed by atoms with E-state index in [1.807, 2.05) is 6.92 Å². The maximum Gasteiger partial charge on any atom is 0.328 e. The molecule has 5 heteroatoms. The van der Waals surface area contributed by atoms with Gasteiger partial charge in [-0.3, -0.25) is 4.79 Å². The normalized spacial score (nSPS) is 17.6. The maximum atomic E-state index is 11.6. The minimum Gasteiger partial charge on any atom is -0.478 e. The molecule has 1 amide bonds. The third kappa shape index (κ3) is 4.99. The molecule has 1 N–H and O–H groups in total. The second-order valence-electron chi connectivity index (χ2n) is 4.10. The SMILES string of the molecule is CCOCC1CCN(C(=O)/C=C/C(=O)O)CC1. The van der Waals surface area contributed by atoms with E-state index < -0.39 is 5.97 Å². The monoisotopic (exact) mass is 241 g/mol. The average Bonchev–Trinajstić information content (AvgIpc) is 2.34. The fraction of sp³-hybridized carbons (Fsp3) is 0.667. The third-order valence-corrected chi connectivity index (χ3v) is 2.85. The van der Waals surface area contributed by atoms with E-state index in [-0.39, 0.29) is 5.91 Å². The quantitative estimate of drug-likeness (QED) is 0.726. The standard InChI is InChI=1S/C12H19NO4/c1-2-17-9-10-5-7-13(8-6-10)11(14)3-4-12(15)16/h3-4,10H,2,5-9H2,1H3,(H,15,16)/b4-3+. The van der Waals surface area contributed by atoms with Crippen molar-refractivity contribution in [1.82, 2.24) is 4.90 Å². The number of carboxylic acids is 1. The van der Waals surface area contributed by atoms with Gasteiger partial charge in [0.15, 0.2) is 0 Å². The Hall–Kier alpha value is -1.36. The van der Waals surface area contributed by atoms with Crippen molar-refractivity contribution in [3.05, 3.63) is 12.2 Å². The first-order valence-corrected chi connectivity index (χ1v) is 5.91. The molecule has 0 aromatic carbocycles. The minimum absolute atomic E-state index is 0.220. The maximum absolute atomic E-state index is 11.6. The molecule has 0 atom stereocenters. The predicted molar refractivity (Wildman–Crippen MR) is 62.6 cm³/mol. The van der Waals surface area contributed by atoms with Gasteiger partial charge < -0.3 is 14.7 Å². The van der Waals surface area contributed by atoms with Gasteiger partial charge >= 0.3 is 5.97 Å². The molecule has 0 aromatic heterocycles. The minimum atomic E-state index is -1.09. The van der Waals surface area contributed by atoms with Crippen LogP contribution in [-0.2, 0) is 14.3 Å². The number of nitrogens with zero attached hydrogens (tertiary/aromatic N) is 1. The highest BCUT2D eigenvalue weighted by molar-refractivity contribution is 5.93. The van der Waals surface area contributed by atoms with Crippen LogP contribution in [0.1, 0.15) is 19.8 Å². The molecular weight excluding hydrogens is 222 g/mol. The van der Waals surface area contributed by atoms with Crippen LogP contribution in [0.4, 0.5) is 0 Å². The number of hydrogen-bond donors (Lipinski definition) is 1. The van der Waals surface area contributed by atoms with Crippen LogP contribution in [0, 0.1) is 5.92 Å². The van der Waals surface area contributed by atoms with E-state index in [2.05, 4.69) is 0 Å². The second kappa shape index (κ2) is 7.06. The van der Waals surface area contributed by atoms with E-state index in [0.717, 1.165) is 38.2 Å². The van der Waals surface area contributed by atoms with Gasteiger partial charge in [-0.15, -0.1) is 0 Å². The number of carbonyl (C=O) groups is 2. The van der Waals surface area contributed by atoms with Crippen molar-refractivity contribution in [2.24, 2.45) is 5.92 Å². The van der Waals surface area contributed by atoms with Crippen molar-refractivity contribution in [3.8, 4) is 0 Å². The lowest BCUT2D eigenvalue weighted by Gasteiger charge is -2.31. The highest BCUT2D eigenvalue weighted by Crippen LogP contribution is 2.17. The number of rotatable bonds is 5. The molecule has 0 bridgehead atoms. The van der Waals surface area contributed by atoms with Crippen LogP contribution < -0.4 is 0 Å². The lowest BCUT2D eigenvalue weighted by atomic mass is 9.98. The molecule has 1 aliphatic rings. The number of piperidine rings is 1. The third-order valence-electron chi connectivity index (χ3n) is 2.85. The number of carbonyl (C=O) groups excluding carboxylic acids is 1. The largest absolute Gasteiger partial charge is 0.478 e. The Morgan fingerprint density at radius 3 is 2.53 bits per heavy atom. The van der Waals surface area contributed by atoms with Crippen LogP contribution in [0.25, 0.3) is 0 Å². The van der Waals surface area contributed by atoms with E-state index >= 15 is 0 Å². The summed E-state index contributed by atoms with van der Waals surface area (Å²) in [5, 5.41) is 8.43. The molecule has 1 rings (SSSR count). The van der Waals surface area contributed by atoms with E-state index in [1.165, 1.54) is 0 Å². The van der Waals surface area contributed by atoms with Crippen LogP contribution in [0.5, 0.6) is 0 Å². The molecule has 96 valence electrons. The summed E-state index contributed by atoms with van der Waals surface area (Å²) < 4.78 is 5.35. The van der Waals surface area contributed by atoms with Crippen LogP contribution in [0.3, 0.4) is 0 Å². The first-order valence-electron chi connectivity index (χ1n) is 5.91. The summed E-state index contributed by atoms with van der Waals surface area (Å²) in [4.78, 5) is 23.5.